The number of aromatic nitrogens is 1. The molecule has 1 amide bonds. The Hall–Kier alpha value is -2.89. The third-order valence-electron chi connectivity index (χ3n) is 7.15. The molecule has 12 heteroatoms. The summed E-state index contributed by atoms with van der Waals surface area (Å²) in [7, 11) is 0. The van der Waals surface area contributed by atoms with Crippen molar-refractivity contribution in [3.8, 4) is 5.75 Å². The SMILES string of the molecule is O=C(Nc1cc(F)c(OC2CC3CC3C2)c(F)c1)c1nc(N2CC3CC2CO3)oc1CC(F)(F)F. The molecule has 2 aromatic rings. The molecule has 2 saturated carbocycles. The van der Waals surface area contributed by atoms with E-state index in [1.165, 1.54) is 0 Å². The summed E-state index contributed by atoms with van der Waals surface area (Å²) >= 11 is 0. The first-order valence-corrected chi connectivity index (χ1v) is 11.5. The van der Waals surface area contributed by atoms with Crippen molar-refractivity contribution in [2.45, 2.75) is 56.5 Å². The maximum absolute atomic E-state index is 14.6. The van der Waals surface area contributed by atoms with Crippen LogP contribution in [0, 0.1) is 23.5 Å². The van der Waals surface area contributed by atoms with Crippen molar-refractivity contribution in [2.24, 2.45) is 11.8 Å². The second-order valence-corrected chi connectivity index (χ2v) is 9.75. The average molecular weight is 499 g/mol. The summed E-state index contributed by atoms with van der Waals surface area (Å²) in [5.74, 6) is -3.16. The molecule has 3 heterocycles. The van der Waals surface area contributed by atoms with Crippen LogP contribution in [0.25, 0.3) is 0 Å². The zero-order valence-corrected chi connectivity index (χ0v) is 18.4. The second kappa shape index (κ2) is 8.07. The summed E-state index contributed by atoms with van der Waals surface area (Å²) in [6, 6.07) is 1.52. The number of carbonyl (C=O) groups excluding carboxylic acids is 1. The lowest BCUT2D eigenvalue weighted by atomic mass is 10.2. The van der Waals surface area contributed by atoms with E-state index in [1.54, 1.807) is 4.90 Å². The summed E-state index contributed by atoms with van der Waals surface area (Å²) in [4.78, 5) is 18.5. The lowest BCUT2D eigenvalue weighted by Crippen LogP contribution is -2.37. The fourth-order valence-electron chi connectivity index (χ4n) is 5.43. The van der Waals surface area contributed by atoms with Crippen LogP contribution in [0.3, 0.4) is 0 Å². The van der Waals surface area contributed by atoms with Crippen molar-refractivity contribution in [1.82, 2.24) is 4.98 Å². The highest BCUT2D eigenvalue weighted by Crippen LogP contribution is 2.52. The number of halogens is 5. The molecule has 4 atom stereocenters. The van der Waals surface area contributed by atoms with Gasteiger partial charge >= 0.3 is 6.18 Å². The Morgan fingerprint density at radius 1 is 1.14 bits per heavy atom. The summed E-state index contributed by atoms with van der Waals surface area (Å²) in [6.07, 6.45) is -3.18. The van der Waals surface area contributed by atoms with E-state index in [1.807, 2.05) is 0 Å². The van der Waals surface area contributed by atoms with E-state index in [2.05, 4.69) is 10.3 Å². The summed E-state index contributed by atoms with van der Waals surface area (Å²) < 4.78 is 84.9. The highest BCUT2D eigenvalue weighted by Gasteiger charge is 2.47. The minimum atomic E-state index is -4.66. The molecule has 2 bridgehead atoms. The van der Waals surface area contributed by atoms with Crippen molar-refractivity contribution in [1.29, 1.82) is 0 Å². The molecule has 1 aromatic heterocycles. The van der Waals surface area contributed by atoms with E-state index in [0.717, 1.165) is 31.4 Å². The molecular formula is C23H22F5N3O4. The number of alkyl halides is 3. The van der Waals surface area contributed by atoms with Gasteiger partial charge in [0.2, 0.25) is 0 Å². The summed E-state index contributed by atoms with van der Waals surface area (Å²) in [5.41, 5.74) is -0.866. The fraction of sp³-hybridized carbons (Fsp3) is 0.565. The monoisotopic (exact) mass is 499 g/mol. The molecule has 7 nitrogen and oxygen atoms in total. The van der Waals surface area contributed by atoms with Crippen LogP contribution in [-0.4, -0.2) is 48.5 Å². The highest BCUT2D eigenvalue weighted by molar-refractivity contribution is 6.03. The minimum Gasteiger partial charge on any atom is -0.484 e. The van der Waals surface area contributed by atoms with Crippen LogP contribution < -0.4 is 15.0 Å². The number of benzene rings is 1. The highest BCUT2D eigenvalue weighted by atomic mass is 19.4. The third kappa shape index (κ3) is 4.43. The number of morpholine rings is 1. The third-order valence-corrected chi connectivity index (χ3v) is 7.15. The van der Waals surface area contributed by atoms with Gasteiger partial charge < -0.3 is 24.1 Å². The Balaban J connectivity index is 1.21. The fourth-order valence-corrected chi connectivity index (χ4v) is 5.43. The molecule has 6 rings (SSSR count). The topological polar surface area (TPSA) is 76.8 Å². The lowest BCUT2D eigenvalue weighted by molar-refractivity contribution is -0.130. The number of amides is 1. The minimum absolute atomic E-state index is 0.0723. The van der Waals surface area contributed by atoms with E-state index in [0.29, 0.717) is 31.4 Å². The van der Waals surface area contributed by atoms with Gasteiger partial charge in [-0.05, 0) is 37.5 Å². The van der Waals surface area contributed by atoms with Crippen molar-refractivity contribution in [3.05, 3.63) is 35.2 Å². The number of hydrogen-bond donors (Lipinski definition) is 1. The first-order chi connectivity index (χ1) is 16.6. The van der Waals surface area contributed by atoms with Gasteiger partial charge in [0.25, 0.3) is 11.9 Å². The number of oxazole rings is 1. The Kier molecular flexibility index (Phi) is 5.20. The van der Waals surface area contributed by atoms with Crippen LogP contribution in [0.15, 0.2) is 16.5 Å². The van der Waals surface area contributed by atoms with E-state index in [-0.39, 0.29) is 30.0 Å². The predicted molar refractivity (Wildman–Crippen MR) is 111 cm³/mol. The van der Waals surface area contributed by atoms with E-state index >= 15 is 0 Å². The molecule has 2 aliphatic carbocycles. The second-order valence-electron chi connectivity index (χ2n) is 9.75. The Morgan fingerprint density at radius 2 is 1.86 bits per heavy atom. The Labute approximate surface area is 196 Å². The molecule has 0 radical (unpaired) electrons. The first kappa shape index (κ1) is 22.6. The van der Waals surface area contributed by atoms with E-state index in [4.69, 9.17) is 13.9 Å². The normalized spacial score (nSPS) is 28.9. The average Bonchev–Trinajstić information content (AvgIpc) is 3.25. The van der Waals surface area contributed by atoms with Crippen LogP contribution in [0.2, 0.25) is 0 Å². The molecule has 1 N–H and O–H groups in total. The van der Waals surface area contributed by atoms with E-state index in [9.17, 15) is 26.7 Å². The number of nitrogens with one attached hydrogen (secondary N) is 1. The molecule has 4 aliphatic rings. The number of nitrogens with zero attached hydrogens (tertiary/aromatic N) is 2. The van der Waals surface area contributed by atoms with Gasteiger partial charge in [-0.2, -0.15) is 18.2 Å². The van der Waals surface area contributed by atoms with Crippen molar-refractivity contribution < 1.29 is 40.6 Å². The van der Waals surface area contributed by atoms with Gasteiger partial charge in [0.15, 0.2) is 23.1 Å². The molecule has 2 aliphatic heterocycles. The van der Waals surface area contributed by atoms with Gasteiger partial charge in [-0.1, -0.05) is 0 Å². The largest absolute Gasteiger partial charge is 0.484 e. The molecule has 1 aromatic carbocycles. The standard InChI is InChI=1S/C23H22F5N3O4/c24-16-4-12(5-17(25)20(16)34-14-2-10-1-11(10)3-14)29-21(32)19-18(7-23(26,27)28)35-22(30-19)31-8-15-6-13(31)9-33-15/h4-5,10-11,13-15H,1-3,6-9H2,(H,29,32). The van der Waals surface area contributed by atoms with Gasteiger partial charge in [0, 0.05) is 24.4 Å². The van der Waals surface area contributed by atoms with Gasteiger partial charge in [-0.3, -0.25) is 4.79 Å². The van der Waals surface area contributed by atoms with Gasteiger partial charge in [0.05, 0.1) is 24.9 Å². The molecule has 4 unspecified atom stereocenters. The van der Waals surface area contributed by atoms with Gasteiger partial charge in [0.1, 0.15) is 12.2 Å². The summed E-state index contributed by atoms with van der Waals surface area (Å²) in [5, 5.41) is 2.23. The quantitative estimate of drug-likeness (QED) is 0.592. The van der Waals surface area contributed by atoms with Crippen LogP contribution in [-0.2, 0) is 11.2 Å². The molecule has 35 heavy (non-hydrogen) atoms. The maximum Gasteiger partial charge on any atom is 0.396 e. The van der Waals surface area contributed by atoms with Crippen LogP contribution in [0.1, 0.15) is 41.9 Å². The Bertz CT molecular complexity index is 1140. The van der Waals surface area contributed by atoms with Crippen LogP contribution >= 0.6 is 0 Å². The number of carbonyl (C=O) groups is 1. The first-order valence-electron chi connectivity index (χ1n) is 11.5. The zero-order chi connectivity index (χ0) is 24.5. The Morgan fingerprint density at radius 3 is 2.46 bits per heavy atom. The van der Waals surface area contributed by atoms with Gasteiger partial charge in [-0.25, -0.2) is 8.78 Å². The number of anilines is 2. The lowest BCUT2D eigenvalue weighted by Gasteiger charge is -2.24. The van der Waals surface area contributed by atoms with Crippen LogP contribution in [0.4, 0.5) is 33.7 Å². The predicted octanol–water partition coefficient (Wildman–Crippen LogP) is 4.46. The summed E-state index contributed by atoms with van der Waals surface area (Å²) in [6.45, 7) is 0.774. The maximum atomic E-state index is 14.6. The number of hydrogen-bond acceptors (Lipinski definition) is 6. The van der Waals surface area contributed by atoms with Crippen molar-refractivity contribution in [2.75, 3.05) is 23.4 Å². The van der Waals surface area contributed by atoms with Gasteiger partial charge in [-0.15, -0.1) is 0 Å². The van der Waals surface area contributed by atoms with E-state index < -0.39 is 47.3 Å². The van der Waals surface area contributed by atoms with Crippen molar-refractivity contribution >= 4 is 17.6 Å². The molecular weight excluding hydrogens is 477 g/mol. The van der Waals surface area contributed by atoms with Crippen molar-refractivity contribution in [3.63, 3.8) is 0 Å². The smallest absolute Gasteiger partial charge is 0.396 e. The number of ether oxygens (including phenoxy) is 2. The number of fused-ring (bicyclic) bond motifs is 3. The molecule has 0 spiro atoms. The number of rotatable bonds is 6. The zero-order valence-electron chi connectivity index (χ0n) is 18.4. The molecule has 4 fully saturated rings. The molecule has 2 saturated heterocycles. The molecule has 188 valence electrons. The van der Waals surface area contributed by atoms with Crippen LogP contribution in [0.5, 0.6) is 5.75 Å².